The van der Waals surface area contributed by atoms with Crippen LogP contribution in [-0.4, -0.2) is 27.8 Å². The normalized spacial score (nSPS) is 10.9. The zero-order valence-corrected chi connectivity index (χ0v) is 12.8. The number of halogens is 1. The van der Waals surface area contributed by atoms with Crippen LogP contribution in [0.3, 0.4) is 0 Å². The van der Waals surface area contributed by atoms with Crippen LogP contribution in [0.25, 0.3) is 22.2 Å². The van der Waals surface area contributed by atoms with Crippen LogP contribution in [0, 0.1) is 0 Å². The zero-order chi connectivity index (χ0) is 15.9. The average molecular weight is 317 g/mol. The van der Waals surface area contributed by atoms with E-state index in [0.29, 0.717) is 10.8 Å². The Morgan fingerprint density at radius 1 is 1.32 bits per heavy atom. The van der Waals surface area contributed by atoms with Crippen LogP contribution >= 0.6 is 11.6 Å². The minimum atomic E-state index is -0.589. The number of pyridine rings is 1. The second kappa shape index (κ2) is 5.31. The lowest BCUT2D eigenvalue weighted by Gasteiger charge is -2.06. The van der Waals surface area contributed by atoms with Gasteiger partial charge in [0, 0.05) is 18.0 Å². The van der Waals surface area contributed by atoms with Crippen molar-refractivity contribution in [2.45, 2.75) is 0 Å². The molecule has 0 bridgehead atoms. The third-order valence-electron chi connectivity index (χ3n) is 3.38. The van der Waals surface area contributed by atoms with Gasteiger partial charge in [-0.25, -0.2) is 4.98 Å². The minimum absolute atomic E-state index is 0.208. The van der Waals surface area contributed by atoms with Crippen LogP contribution in [0.2, 0.25) is 5.15 Å². The van der Waals surface area contributed by atoms with Gasteiger partial charge in [0.15, 0.2) is 0 Å². The average Bonchev–Trinajstić information content (AvgIpc) is 2.83. The number of fused-ring (bicyclic) bond motifs is 1. The number of carbonyl (C=O) groups excluding carboxylic acids is 1. The van der Waals surface area contributed by atoms with Crippen LogP contribution in [0.4, 0.5) is 0 Å². The Morgan fingerprint density at radius 3 is 2.77 bits per heavy atom. The lowest BCUT2D eigenvalue weighted by Crippen LogP contribution is -2.13. The number of nitrogens with zero attached hydrogens (tertiary/aromatic N) is 3. The van der Waals surface area contributed by atoms with Crippen LogP contribution in [0.1, 0.15) is 10.4 Å². The fourth-order valence-corrected chi connectivity index (χ4v) is 2.60. The van der Waals surface area contributed by atoms with Crippen molar-refractivity contribution in [1.29, 1.82) is 0 Å². The summed E-state index contributed by atoms with van der Waals surface area (Å²) in [6.45, 7) is 0. The maximum absolute atomic E-state index is 11.8. The van der Waals surface area contributed by atoms with Crippen molar-refractivity contribution in [3.63, 3.8) is 0 Å². The van der Waals surface area contributed by atoms with Crippen molar-refractivity contribution in [2.75, 3.05) is 7.11 Å². The minimum Gasteiger partial charge on any atom is -0.479 e. The van der Waals surface area contributed by atoms with Gasteiger partial charge in [0.25, 0.3) is 5.91 Å². The molecule has 0 saturated heterocycles. The van der Waals surface area contributed by atoms with Crippen molar-refractivity contribution >= 4 is 28.4 Å². The molecule has 0 atom stereocenters. The molecule has 0 saturated carbocycles. The van der Waals surface area contributed by atoms with Crippen molar-refractivity contribution in [1.82, 2.24) is 14.8 Å². The van der Waals surface area contributed by atoms with Crippen molar-refractivity contribution in [3.8, 4) is 17.1 Å². The quantitative estimate of drug-likeness (QED) is 0.752. The summed E-state index contributed by atoms with van der Waals surface area (Å²) in [5.74, 6) is -0.381. The Morgan fingerprint density at radius 2 is 2.09 bits per heavy atom. The summed E-state index contributed by atoms with van der Waals surface area (Å²) in [7, 11) is 3.18. The number of aromatic nitrogens is 3. The Hall–Kier alpha value is -2.60. The molecule has 6 nitrogen and oxygen atoms in total. The number of aryl methyl sites for hydroxylation is 1. The molecule has 2 heterocycles. The highest BCUT2D eigenvalue weighted by molar-refractivity contribution is 6.29. The summed E-state index contributed by atoms with van der Waals surface area (Å²) in [4.78, 5) is 16.0. The molecule has 0 fully saturated rings. The highest BCUT2D eigenvalue weighted by Crippen LogP contribution is 2.31. The first-order valence-corrected chi connectivity index (χ1v) is 6.86. The van der Waals surface area contributed by atoms with E-state index in [1.54, 1.807) is 17.8 Å². The van der Waals surface area contributed by atoms with E-state index < -0.39 is 5.91 Å². The summed E-state index contributed by atoms with van der Waals surface area (Å²) < 4.78 is 6.70. The highest BCUT2D eigenvalue weighted by atomic mass is 35.5. The topological polar surface area (TPSA) is 83.0 Å². The van der Waals surface area contributed by atoms with Crippen molar-refractivity contribution in [2.24, 2.45) is 12.8 Å². The van der Waals surface area contributed by atoms with Gasteiger partial charge in [0.1, 0.15) is 10.7 Å². The molecule has 0 unspecified atom stereocenters. The Kier molecular flexibility index (Phi) is 3.46. The van der Waals surface area contributed by atoms with Crippen LogP contribution in [-0.2, 0) is 7.05 Å². The smallest absolute Gasteiger partial charge is 0.256 e. The van der Waals surface area contributed by atoms with Gasteiger partial charge in [-0.05, 0) is 24.3 Å². The molecule has 1 aromatic carbocycles. The molecule has 22 heavy (non-hydrogen) atoms. The van der Waals surface area contributed by atoms with Gasteiger partial charge < -0.3 is 10.5 Å². The van der Waals surface area contributed by atoms with E-state index >= 15 is 0 Å². The van der Waals surface area contributed by atoms with Gasteiger partial charge in [-0.1, -0.05) is 17.7 Å². The van der Waals surface area contributed by atoms with Crippen LogP contribution in [0.15, 0.2) is 30.3 Å². The number of methoxy groups -OCH3 is 1. The van der Waals surface area contributed by atoms with Gasteiger partial charge in [0.2, 0.25) is 5.88 Å². The molecule has 3 aromatic rings. The molecular weight excluding hydrogens is 304 g/mol. The highest BCUT2D eigenvalue weighted by Gasteiger charge is 2.22. The summed E-state index contributed by atoms with van der Waals surface area (Å²) >= 11 is 5.89. The van der Waals surface area contributed by atoms with E-state index in [1.807, 2.05) is 24.3 Å². The molecular formula is C15H13ClN4O2. The molecule has 0 spiro atoms. The lowest BCUT2D eigenvalue weighted by molar-refractivity contribution is 0.0998. The summed E-state index contributed by atoms with van der Waals surface area (Å²) in [5, 5.41) is 5.51. The van der Waals surface area contributed by atoms with E-state index in [2.05, 4.69) is 10.1 Å². The van der Waals surface area contributed by atoms with Gasteiger partial charge >= 0.3 is 0 Å². The standard InChI is InChI=1S/C15H13ClN4O2/c1-20-13(12(14(17)21)15(19-20)22-2)9-3-5-10-8(7-9)4-6-11(16)18-10/h3-7H,1-2H3,(H2,17,21). The Labute approximate surface area is 131 Å². The van der Waals surface area contributed by atoms with E-state index in [0.717, 1.165) is 16.5 Å². The first-order chi connectivity index (χ1) is 10.5. The number of ether oxygens (including phenoxy) is 1. The number of primary amides is 1. The van der Waals surface area contributed by atoms with Gasteiger partial charge in [-0.15, -0.1) is 5.10 Å². The van der Waals surface area contributed by atoms with E-state index in [1.165, 1.54) is 7.11 Å². The summed E-state index contributed by atoms with van der Waals surface area (Å²) in [6, 6.07) is 9.16. The molecule has 0 aliphatic carbocycles. The third kappa shape index (κ3) is 2.27. The van der Waals surface area contributed by atoms with E-state index in [-0.39, 0.29) is 11.4 Å². The molecule has 112 valence electrons. The van der Waals surface area contributed by atoms with Crippen molar-refractivity contribution in [3.05, 3.63) is 41.0 Å². The predicted octanol–water partition coefficient (Wildman–Crippen LogP) is 2.40. The molecule has 0 radical (unpaired) electrons. The van der Waals surface area contributed by atoms with Gasteiger partial charge in [-0.3, -0.25) is 9.48 Å². The third-order valence-corrected chi connectivity index (χ3v) is 3.59. The number of carbonyl (C=O) groups is 1. The largest absolute Gasteiger partial charge is 0.479 e. The Balaban J connectivity index is 2.25. The second-order valence-electron chi connectivity index (χ2n) is 4.76. The second-order valence-corrected chi connectivity index (χ2v) is 5.15. The molecule has 2 aromatic heterocycles. The number of benzene rings is 1. The number of amides is 1. The first kappa shape index (κ1) is 14.3. The molecule has 2 N–H and O–H groups in total. The fraction of sp³-hybridized carbons (Fsp3) is 0.133. The number of nitrogens with two attached hydrogens (primary N) is 1. The monoisotopic (exact) mass is 316 g/mol. The molecule has 7 heteroatoms. The van der Waals surface area contributed by atoms with E-state index in [4.69, 9.17) is 22.1 Å². The number of hydrogen-bond acceptors (Lipinski definition) is 4. The molecule has 3 rings (SSSR count). The maximum atomic E-state index is 11.8. The predicted molar refractivity (Wildman–Crippen MR) is 84.0 cm³/mol. The van der Waals surface area contributed by atoms with Gasteiger partial charge in [-0.2, -0.15) is 0 Å². The maximum Gasteiger partial charge on any atom is 0.256 e. The zero-order valence-electron chi connectivity index (χ0n) is 12.0. The summed E-state index contributed by atoms with van der Waals surface area (Å²) in [5.41, 5.74) is 7.89. The van der Waals surface area contributed by atoms with Crippen LogP contribution < -0.4 is 10.5 Å². The molecule has 1 amide bonds. The van der Waals surface area contributed by atoms with Crippen molar-refractivity contribution < 1.29 is 9.53 Å². The first-order valence-electron chi connectivity index (χ1n) is 6.48. The number of rotatable bonds is 3. The number of hydrogen-bond donors (Lipinski definition) is 1. The van der Waals surface area contributed by atoms with Crippen LogP contribution in [0.5, 0.6) is 5.88 Å². The SMILES string of the molecule is COc1nn(C)c(-c2ccc3nc(Cl)ccc3c2)c1C(N)=O. The Bertz CT molecular complexity index is 889. The fourth-order valence-electron chi connectivity index (χ4n) is 2.44. The summed E-state index contributed by atoms with van der Waals surface area (Å²) in [6.07, 6.45) is 0. The molecule has 0 aliphatic heterocycles. The van der Waals surface area contributed by atoms with E-state index in [9.17, 15) is 4.79 Å². The lowest BCUT2D eigenvalue weighted by atomic mass is 10.0. The molecule has 0 aliphatic rings. The van der Waals surface area contributed by atoms with Gasteiger partial charge in [0.05, 0.1) is 18.3 Å².